The van der Waals surface area contributed by atoms with Gasteiger partial charge in [0.25, 0.3) is 0 Å². The molecular weight excluding hydrogens is 346 g/mol. The topological polar surface area (TPSA) is 37.2 Å². The molecule has 26 heavy (non-hydrogen) atoms. The Labute approximate surface area is 160 Å². The van der Waals surface area contributed by atoms with E-state index in [-0.39, 0.29) is 17.9 Å². The first-order chi connectivity index (χ1) is 12.0. The fourth-order valence-corrected chi connectivity index (χ4v) is 3.54. The molecule has 6 heteroatoms. The highest BCUT2D eigenvalue weighted by atomic mass is 35.5. The van der Waals surface area contributed by atoms with Crippen LogP contribution in [0.15, 0.2) is 54.6 Å². The van der Waals surface area contributed by atoms with E-state index in [2.05, 4.69) is 72.2 Å². The molecule has 0 amide bonds. The van der Waals surface area contributed by atoms with Crippen LogP contribution in [0.5, 0.6) is 0 Å². The van der Waals surface area contributed by atoms with Gasteiger partial charge in [-0.2, -0.15) is 0 Å². The average molecular weight is 370 g/mol. The molecule has 0 atom stereocenters. The van der Waals surface area contributed by atoms with Crippen molar-refractivity contribution in [2.24, 2.45) is 0 Å². The fraction of sp³-hybridized carbons (Fsp3) is 0.300. The molecular formula is C20H24ClN5. The Hall–Kier alpha value is -2.37. The molecule has 1 aromatic heterocycles. The maximum atomic E-state index is 4.89. The van der Waals surface area contributed by atoms with Crippen molar-refractivity contribution in [3.63, 3.8) is 0 Å². The van der Waals surface area contributed by atoms with Crippen molar-refractivity contribution in [3.8, 4) is 5.69 Å². The summed E-state index contributed by atoms with van der Waals surface area (Å²) in [6, 6.07) is 18.9. The van der Waals surface area contributed by atoms with Gasteiger partial charge >= 0.3 is 0 Å². The Bertz CT molecular complexity index is 902. The summed E-state index contributed by atoms with van der Waals surface area (Å²) in [5.74, 6) is 1.81. The first-order valence-electron chi connectivity index (χ1n) is 8.54. The van der Waals surface area contributed by atoms with Crippen LogP contribution in [0.1, 0.15) is 25.5 Å². The molecule has 4 rings (SSSR count). The number of benzene rings is 2. The zero-order valence-corrected chi connectivity index (χ0v) is 16.4. The zero-order valence-electron chi connectivity index (χ0n) is 15.5. The van der Waals surface area contributed by atoms with Crippen LogP contribution in [0.2, 0.25) is 0 Å². The normalized spacial score (nSPS) is 14.6. The van der Waals surface area contributed by atoms with Gasteiger partial charge in [0.05, 0.1) is 23.5 Å². The highest BCUT2D eigenvalue weighted by molar-refractivity contribution is 5.85. The molecule has 0 aliphatic carbocycles. The summed E-state index contributed by atoms with van der Waals surface area (Å²) in [6.07, 6.45) is 0. The molecule has 1 aliphatic heterocycles. The van der Waals surface area contributed by atoms with Crippen LogP contribution in [0, 0.1) is 0 Å². The molecule has 136 valence electrons. The van der Waals surface area contributed by atoms with E-state index in [1.807, 2.05) is 24.8 Å². The number of aromatic nitrogens is 3. The van der Waals surface area contributed by atoms with Crippen molar-refractivity contribution in [1.29, 1.82) is 0 Å². The van der Waals surface area contributed by atoms with Gasteiger partial charge < -0.3 is 9.80 Å². The number of fused-ring (bicyclic) bond motifs is 3. The van der Waals surface area contributed by atoms with Gasteiger partial charge in [0.1, 0.15) is 0 Å². The first kappa shape index (κ1) is 18.4. The third-order valence-corrected chi connectivity index (χ3v) is 4.58. The van der Waals surface area contributed by atoms with E-state index >= 15 is 0 Å². The van der Waals surface area contributed by atoms with Crippen molar-refractivity contribution in [3.05, 3.63) is 66.2 Å². The zero-order chi connectivity index (χ0) is 17.6. The maximum Gasteiger partial charge on any atom is 0.165 e. The second-order valence-electron chi connectivity index (χ2n) is 7.22. The highest BCUT2D eigenvalue weighted by Gasteiger charge is 2.41. The molecule has 0 fully saturated rings. The monoisotopic (exact) mass is 369 g/mol. The maximum absolute atomic E-state index is 4.89. The van der Waals surface area contributed by atoms with Crippen molar-refractivity contribution < 1.29 is 0 Å². The Kier molecular flexibility index (Phi) is 4.78. The van der Waals surface area contributed by atoms with Crippen LogP contribution in [-0.4, -0.2) is 33.8 Å². The standard InChI is InChI=1S/C20H23N5.ClH/c1-20(2)19-21-18(14-23(3)4)22-25(19)17-13-9-8-12-16(17)24(20)15-10-6-5-7-11-15;/h5-13H,14H2,1-4H3;1H. The number of para-hydroxylation sites is 3. The molecule has 2 heterocycles. The van der Waals surface area contributed by atoms with Crippen molar-refractivity contribution in [2.75, 3.05) is 19.0 Å². The summed E-state index contributed by atoms with van der Waals surface area (Å²) in [6.45, 7) is 5.13. The summed E-state index contributed by atoms with van der Waals surface area (Å²) < 4.78 is 2.01. The van der Waals surface area contributed by atoms with Crippen LogP contribution in [0.3, 0.4) is 0 Å². The van der Waals surface area contributed by atoms with E-state index in [0.717, 1.165) is 35.3 Å². The molecule has 1 aliphatic rings. The van der Waals surface area contributed by atoms with Crippen LogP contribution in [-0.2, 0) is 12.1 Å². The third kappa shape index (κ3) is 2.87. The molecule has 0 unspecified atom stereocenters. The minimum atomic E-state index is -0.312. The summed E-state index contributed by atoms with van der Waals surface area (Å²) in [5.41, 5.74) is 3.06. The smallest absolute Gasteiger partial charge is 0.165 e. The lowest BCUT2D eigenvalue weighted by atomic mass is 9.95. The minimum absolute atomic E-state index is 0. The number of nitrogens with zero attached hydrogens (tertiary/aromatic N) is 5. The van der Waals surface area contributed by atoms with Crippen LogP contribution in [0.4, 0.5) is 11.4 Å². The van der Waals surface area contributed by atoms with Crippen LogP contribution in [0.25, 0.3) is 5.69 Å². The Morgan fingerprint density at radius 1 is 0.923 bits per heavy atom. The molecule has 2 aromatic carbocycles. The van der Waals surface area contributed by atoms with Gasteiger partial charge in [-0.15, -0.1) is 17.5 Å². The predicted molar refractivity (Wildman–Crippen MR) is 108 cm³/mol. The van der Waals surface area contributed by atoms with E-state index in [0.29, 0.717) is 0 Å². The highest BCUT2D eigenvalue weighted by Crippen LogP contribution is 2.45. The molecule has 5 nitrogen and oxygen atoms in total. The first-order valence-corrected chi connectivity index (χ1v) is 8.54. The molecule has 0 saturated heterocycles. The van der Waals surface area contributed by atoms with Crippen molar-refractivity contribution >= 4 is 23.8 Å². The second-order valence-corrected chi connectivity index (χ2v) is 7.22. The molecule has 3 aromatic rings. The van der Waals surface area contributed by atoms with Gasteiger partial charge in [0, 0.05) is 5.69 Å². The van der Waals surface area contributed by atoms with E-state index in [1.165, 1.54) is 0 Å². The fourth-order valence-electron chi connectivity index (χ4n) is 3.54. The molecule has 0 saturated carbocycles. The summed E-state index contributed by atoms with van der Waals surface area (Å²) in [7, 11) is 4.07. The molecule has 0 bridgehead atoms. The Balaban J connectivity index is 0.00000196. The number of anilines is 2. The van der Waals surface area contributed by atoms with E-state index in [9.17, 15) is 0 Å². The average Bonchev–Trinajstić information content (AvgIpc) is 3.00. The van der Waals surface area contributed by atoms with Gasteiger partial charge in [-0.3, -0.25) is 0 Å². The SMILES string of the molecule is CN(C)Cc1nc2n(n1)-c1ccccc1N(c1ccccc1)C2(C)C.Cl. The minimum Gasteiger partial charge on any atom is -0.327 e. The van der Waals surface area contributed by atoms with Gasteiger partial charge in [0.2, 0.25) is 0 Å². The quantitative estimate of drug-likeness (QED) is 0.695. The van der Waals surface area contributed by atoms with Gasteiger partial charge in [-0.25, -0.2) is 9.67 Å². The largest absolute Gasteiger partial charge is 0.327 e. The van der Waals surface area contributed by atoms with E-state index in [4.69, 9.17) is 10.1 Å². The van der Waals surface area contributed by atoms with Gasteiger partial charge in [0.15, 0.2) is 11.6 Å². The molecule has 0 N–H and O–H groups in total. The van der Waals surface area contributed by atoms with Crippen LogP contribution >= 0.6 is 12.4 Å². The number of rotatable bonds is 3. The lowest BCUT2D eigenvalue weighted by Crippen LogP contribution is -2.44. The van der Waals surface area contributed by atoms with Gasteiger partial charge in [-0.1, -0.05) is 30.3 Å². The number of halogens is 1. The lowest BCUT2D eigenvalue weighted by Gasteiger charge is -2.43. The Morgan fingerprint density at radius 2 is 1.54 bits per heavy atom. The molecule has 0 radical (unpaired) electrons. The summed E-state index contributed by atoms with van der Waals surface area (Å²) >= 11 is 0. The van der Waals surface area contributed by atoms with E-state index < -0.39 is 0 Å². The lowest BCUT2D eigenvalue weighted by molar-refractivity contribution is 0.390. The Morgan fingerprint density at radius 3 is 2.19 bits per heavy atom. The van der Waals surface area contributed by atoms with Crippen molar-refractivity contribution in [2.45, 2.75) is 25.9 Å². The third-order valence-electron chi connectivity index (χ3n) is 4.58. The predicted octanol–water partition coefficient (Wildman–Crippen LogP) is 4.14. The van der Waals surface area contributed by atoms with Gasteiger partial charge in [-0.05, 0) is 52.2 Å². The number of hydrogen-bond acceptors (Lipinski definition) is 4. The molecule has 0 spiro atoms. The number of hydrogen-bond donors (Lipinski definition) is 0. The van der Waals surface area contributed by atoms with Crippen molar-refractivity contribution in [1.82, 2.24) is 19.7 Å². The van der Waals surface area contributed by atoms with Crippen LogP contribution < -0.4 is 4.90 Å². The van der Waals surface area contributed by atoms with E-state index in [1.54, 1.807) is 0 Å². The summed E-state index contributed by atoms with van der Waals surface area (Å²) in [5, 5.41) is 4.79. The second kappa shape index (κ2) is 6.74. The summed E-state index contributed by atoms with van der Waals surface area (Å²) in [4.78, 5) is 9.33.